The van der Waals surface area contributed by atoms with Gasteiger partial charge in [0.05, 0.1) is 12.6 Å². The van der Waals surface area contributed by atoms with E-state index in [4.69, 9.17) is 4.74 Å². The fourth-order valence-electron chi connectivity index (χ4n) is 4.30. The monoisotopic (exact) mass is 478 g/mol. The average molecular weight is 479 g/mol. The minimum atomic E-state index is -0.362. The molecular formula is C27H31FN4O3. The Balaban J connectivity index is 1.65. The molecule has 0 saturated heterocycles. The second-order valence-corrected chi connectivity index (χ2v) is 9.26. The molecule has 1 amide bonds. The van der Waals surface area contributed by atoms with E-state index in [1.165, 1.54) is 12.1 Å². The molecule has 0 radical (unpaired) electrons. The van der Waals surface area contributed by atoms with Crippen LogP contribution < -0.4 is 4.74 Å². The highest BCUT2D eigenvalue weighted by Gasteiger charge is 2.34. The number of amides is 1. The first-order chi connectivity index (χ1) is 16.9. The number of rotatable bonds is 7. The molecule has 2 aromatic heterocycles. The van der Waals surface area contributed by atoms with Gasteiger partial charge in [-0.2, -0.15) is 0 Å². The van der Waals surface area contributed by atoms with Gasteiger partial charge in [0.2, 0.25) is 5.88 Å². The van der Waals surface area contributed by atoms with Crippen LogP contribution in [0.3, 0.4) is 0 Å². The maximum atomic E-state index is 13.6. The summed E-state index contributed by atoms with van der Waals surface area (Å²) in [4.78, 5) is 26.1. The number of nitrogens with zero attached hydrogens (tertiary/aromatic N) is 4. The zero-order valence-electron chi connectivity index (χ0n) is 20.3. The summed E-state index contributed by atoms with van der Waals surface area (Å²) in [6.45, 7) is 5.49. The van der Waals surface area contributed by atoms with Gasteiger partial charge in [-0.25, -0.2) is 9.37 Å². The minimum Gasteiger partial charge on any atom is -0.472 e. The van der Waals surface area contributed by atoms with E-state index in [0.29, 0.717) is 30.8 Å². The summed E-state index contributed by atoms with van der Waals surface area (Å²) < 4.78 is 19.8. The fourth-order valence-corrected chi connectivity index (χ4v) is 4.30. The van der Waals surface area contributed by atoms with Crippen molar-refractivity contribution in [1.82, 2.24) is 19.8 Å². The highest BCUT2D eigenvalue weighted by molar-refractivity contribution is 5.98. The second-order valence-electron chi connectivity index (χ2n) is 9.26. The predicted octanol–water partition coefficient (Wildman–Crippen LogP) is 3.63. The average Bonchev–Trinajstić information content (AvgIpc) is 2.86. The van der Waals surface area contributed by atoms with Crippen molar-refractivity contribution in [3.8, 4) is 17.0 Å². The van der Waals surface area contributed by atoms with E-state index in [0.717, 1.165) is 11.1 Å². The number of halogens is 1. The van der Waals surface area contributed by atoms with Crippen molar-refractivity contribution in [2.24, 2.45) is 5.92 Å². The Kier molecular flexibility index (Phi) is 7.73. The number of hydrogen-bond acceptors (Lipinski definition) is 6. The first-order valence-corrected chi connectivity index (χ1v) is 11.8. The molecule has 0 spiro atoms. The molecule has 0 bridgehead atoms. The van der Waals surface area contributed by atoms with Crippen LogP contribution in [0, 0.1) is 11.7 Å². The number of aliphatic hydroxyl groups excluding tert-OH is 1. The molecule has 3 atom stereocenters. The summed E-state index contributed by atoms with van der Waals surface area (Å²) in [5.41, 5.74) is 2.87. The normalized spacial score (nSPS) is 19.0. The number of hydrogen-bond donors (Lipinski definition) is 1. The summed E-state index contributed by atoms with van der Waals surface area (Å²) in [5.74, 6) is -0.312. The van der Waals surface area contributed by atoms with E-state index in [1.807, 2.05) is 39.2 Å². The number of pyridine rings is 2. The van der Waals surface area contributed by atoms with Crippen LogP contribution in [0.2, 0.25) is 0 Å². The summed E-state index contributed by atoms with van der Waals surface area (Å²) >= 11 is 0. The molecule has 8 heteroatoms. The molecule has 184 valence electrons. The maximum Gasteiger partial charge on any atom is 0.259 e. The Morgan fingerprint density at radius 1 is 1.23 bits per heavy atom. The standard InChI is InChI=1S/C27H31FN4O3/c1-18-14-32(19(2)17-33)27(34)24-11-22(21-6-8-23(28)9-7-21)13-30-26(24)35-25(18)16-31(3)15-20-5-4-10-29-12-20/h4-13,18-19,25,33H,14-17H2,1-3H3/t18-,19-,25+/m1/s1. The number of aromatic nitrogens is 2. The van der Waals surface area contributed by atoms with E-state index >= 15 is 0 Å². The Bertz CT molecular complexity index is 1140. The van der Waals surface area contributed by atoms with Gasteiger partial charge < -0.3 is 14.7 Å². The summed E-state index contributed by atoms with van der Waals surface area (Å²) in [6, 6.07) is 11.4. The number of aliphatic hydroxyl groups is 1. The highest BCUT2D eigenvalue weighted by Crippen LogP contribution is 2.30. The number of carbonyl (C=O) groups excluding carboxylic acids is 1. The van der Waals surface area contributed by atoms with Crippen molar-refractivity contribution < 1.29 is 19.0 Å². The van der Waals surface area contributed by atoms with E-state index < -0.39 is 0 Å². The SMILES string of the molecule is C[C@@H]1CN([C@H](C)CO)C(=O)c2cc(-c3ccc(F)cc3)cnc2O[C@H]1CN(C)Cc1cccnc1. The van der Waals surface area contributed by atoms with Crippen molar-refractivity contribution >= 4 is 5.91 Å². The topological polar surface area (TPSA) is 78.8 Å². The molecule has 0 saturated carbocycles. The van der Waals surface area contributed by atoms with E-state index in [1.54, 1.807) is 35.5 Å². The van der Waals surface area contributed by atoms with Gasteiger partial charge in [-0.15, -0.1) is 0 Å². The molecule has 35 heavy (non-hydrogen) atoms. The van der Waals surface area contributed by atoms with Crippen LogP contribution in [0.5, 0.6) is 5.88 Å². The van der Waals surface area contributed by atoms with Gasteiger partial charge in [-0.3, -0.25) is 14.7 Å². The molecule has 0 fully saturated rings. The third-order valence-corrected chi connectivity index (χ3v) is 6.37. The Hall–Kier alpha value is -3.36. The largest absolute Gasteiger partial charge is 0.472 e. The molecule has 1 aromatic carbocycles. The molecule has 1 N–H and O–H groups in total. The second kappa shape index (κ2) is 10.9. The molecule has 7 nitrogen and oxygen atoms in total. The summed E-state index contributed by atoms with van der Waals surface area (Å²) in [5, 5.41) is 9.84. The van der Waals surface area contributed by atoms with Crippen molar-refractivity contribution in [2.75, 3.05) is 26.7 Å². The van der Waals surface area contributed by atoms with Gasteiger partial charge in [-0.1, -0.05) is 25.1 Å². The lowest BCUT2D eigenvalue weighted by atomic mass is 9.99. The van der Waals surface area contributed by atoms with Crippen LogP contribution in [0.1, 0.15) is 29.8 Å². The molecule has 3 aromatic rings. The Morgan fingerprint density at radius 3 is 2.69 bits per heavy atom. The zero-order chi connectivity index (χ0) is 24.9. The van der Waals surface area contributed by atoms with Gasteiger partial charge in [0.15, 0.2) is 0 Å². The molecule has 4 rings (SSSR count). The van der Waals surface area contributed by atoms with Gasteiger partial charge in [0.1, 0.15) is 17.5 Å². The predicted molar refractivity (Wildman–Crippen MR) is 131 cm³/mol. The number of ether oxygens (including phenoxy) is 1. The lowest BCUT2D eigenvalue weighted by Gasteiger charge is -2.37. The van der Waals surface area contributed by atoms with Crippen LogP contribution in [-0.2, 0) is 6.54 Å². The molecule has 3 heterocycles. The smallest absolute Gasteiger partial charge is 0.259 e. The summed E-state index contributed by atoms with van der Waals surface area (Å²) in [7, 11) is 2.02. The lowest BCUT2D eigenvalue weighted by molar-refractivity contribution is 0.0325. The minimum absolute atomic E-state index is 0.00368. The molecule has 0 aliphatic carbocycles. The lowest BCUT2D eigenvalue weighted by Crippen LogP contribution is -2.49. The van der Waals surface area contributed by atoms with E-state index in [-0.39, 0.29) is 42.3 Å². The van der Waals surface area contributed by atoms with Crippen LogP contribution in [-0.4, -0.2) is 69.7 Å². The van der Waals surface area contributed by atoms with Crippen molar-refractivity contribution in [3.63, 3.8) is 0 Å². The van der Waals surface area contributed by atoms with E-state index in [2.05, 4.69) is 14.9 Å². The number of fused-ring (bicyclic) bond motifs is 1. The molecule has 0 unspecified atom stereocenters. The fraction of sp³-hybridized carbons (Fsp3) is 0.370. The molecular weight excluding hydrogens is 447 g/mol. The van der Waals surface area contributed by atoms with Crippen LogP contribution in [0.15, 0.2) is 61.1 Å². The van der Waals surface area contributed by atoms with Gasteiger partial charge in [0, 0.05) is 49.7 Å². The Morgan fingerprint density at radius 2 is 2.00 bits per heavy atom. The van der Waals surface area contributed by atoms with Crippen molar-refractivity contribution in [2.45, 2.75) is 32.5 Å². The van der Waals surface area contributed by atoms with E-state index in [9.17, 15) is 14.3 Å². The highest BCUT2D eigenvalue weighted by atomic mass is 19.1. The quantitative estimate of drug-likeness (QED) is 0.559. The first-order valence-electron chi connectivity index (χ1n) is 11.8. The van der Waals surface area contributed by atoms with Gasteiger partial charge in [0.25, 0.3) is 5.91 Å². The maximum absolute atomic E-state index is 13.6. The van der Waals surface area contributed by atoms with Crippen molar-refractivity contribution in [1.29, 1.82) is 0 Å². The Labute approximate surface area is 205 Å². The summed E-state index contributed by atoms with van der Waals surface area (Å²) in [6.07, 6.45) is 5.00. The van der Waals surface area contributed by atoms with Crippen LogP contribution in [0.4, 0.5) is 4.39 Å². The third kappa shape index (κ3) is 5.83. The number of carbonyl (C=O) groups is 1. The zero-order valence-corrected chi connectivity index (χ0v) is 20.3. The van der Waals surface area contributed by atoms with Gasteiger partial charge >= 0.3 is 0 Å². The van der Waals surface area contributed by atoms with Gasteiger partial charge in [-0.05, 0) is 49.4 Å². The first kappa shape index (κ1) is 24.8. The molecule has 1 aliphatic heterocycles. The van der Waals surface area contributed by atoms with Crippen LogP contribution in [0.25, 0.3) is 11.1 Å². The van der Waals surface area contributed by atoms with Crippen molar-refractivity contribution in [3.05, 3.63) is 78.0 Å². The third-order valence-electron chi connectivity index (χ3n) is 6.37. The number of likely N-dealkylation sites (N-methyl/N-ethyl adjacent to an activating group) is 1. The van der Waals surface area contributed by atoms with Crippen LogP contribution >= 0.6 is 0 Å². The number of benzene rings is 1. The molecule has 1 aliphatic rings.